The zero-order valence-corrected chi connectivity index (χ0v) is 19.4. The molecule has 4 aromatic rings. The van der Waals surface area contributed by atoms with E-state index in [0.29, 0.717) is 22.3 Å². The quantitative estimate of drug-likeness (QED) is 0.279. The minimum Gasteiger partial charge on any atom is -0.339 e. The first-order valence-electron chi connectivity index (χ1n) is 10.8. The lowest BCUT2D eigenvalue weighted by atomic mass is 10.0. The number of rotatable bonds is 7. The van der Waals surface area contributed by atoms with Crippen molar-refractivity contribution in [2.75, 3.05) is 6.54 Å². The van der Waals surface area contributed by atoms with Crippen LogP contribution >= 0.6 is 11.6 Å². The van der Waals surface area contributed by atoms with Gasteiger partial charge in [0.2, 0.25) is 11.7 Å². The highest BCUT2D eigenvalue weighted by atomic mass is 35.5. The van der Waals surface area contributed by atoms with Gasteiger partial charge in [-0.05, 0) is 48.9 Å². The van der Waals surface area contributed by atoms with Crippen LogP contribution in [0.4, 0.5) is 13.2 Å². The summed E-state index contributed by atoms with van der Waals surface area (Å²) >= 11 is 6.03. The van der Waals surface area contributed by atoms with E-state index in [1.165, 1.54) is 12.1 Å². The van der Waals surface area contributed by atoms with E-state index in [9.17, 15) is 18.0 Å². The van der Waals surface area contributed by atoms with Crippen LogP contribution in [-0.4, -0.2) is 27.5 Å². The molecule has 5 nitrogen and oxygen atoms in total. The van der Waals surface area contributed by atoms with Crippen LogP contribution in [0, 0.1) is 0 Å². The number of nitrogens with zero attached hydrogens (tertiary/aromatic N) is 3. The normalized spacial score (nSPS) is 12.4. The van der Waals surface area contributed by atoms with Crippen molar-refractivity contribution in [2.24, 2.45) is 0 Å². The van der Waals surface area contributed by atoms with E-state index < -0.39 is 17.6 Å². The second kappa shape index (κ2) is 10.3. The molecule has 9 heteroatoms. The molecule has 35 heavy (non-hydrogen) atoms. The highest BCUT2D eigenvalue weighted by Crippen LogP contribution is 2.30. The minimum absolute atomic E-state index is 0.158. The predicted octanol–water partition coefficient (Wildman–Crippen LogP) is 6.85. The van der Waals surface area contributed by atoms with Gasteiger partial charge in [-0.3, -0.25) is 4.79 Å². The molecule has 4 rings (SSSR count). The van der Waals surface area contributed by atoms with Crippen molar-refractivity contribution in [1.82, 2.24) is 15.0 Å². The van der Waals surface area contributed by atoms with Gasteiger partial charge in [-0.25, -0.2) is 0 Å². The molecule has 1 amide bonds. The number of benzene rings is 3. The first-order chi connectivity index (χ1) is 16.7. The Labute approximate surface area is 205 Å². The molecule has 1 heterocycles. The molecule has 0 aliphatic rings. The SMILES string of the molecule is CC(c1ccccc1)N(CCc1nc(-c2cccc(Cl)c2)no1)C(=O)c1ccc(C(F)(F)F)cc1. The lowest BCUT2D eigenvalue weighted by Crippen LogP contribution is -2.35. The Hall–Kier alpha value is -3.65. The summed E-state index contributed by atoms with van der Waals surface area (Å²) in [6, 6.07) is 20.3. The maximum absolute atomic E-state index is 13.4. The van der Waals surface area contributed by atoms with Crippen molar-refractivity contribution >= 4 is 17.5 Å². The van der Waals surface area contributed by atoms with Gasteiger partial charge in [-0.1, -0.05) is 59.2 Å². The van der Waals surface area contributed by atoms with Gasteiger partial charge in [0.15, 0.2) is 0 Å². The third-order valence-electron chi connectivity index (χ3n) is 5.59. The van der Waals surface area contributed by atoms with Gasteiger partial charge in [-0.15, -0.1) is 0 Å². The van der Waals surface area contributed by atoms with Crippen LogP contribution in [0.15, 0.2) is 83.4 Å². The standard InChI is InChI=1S/C26H21ClF3N3O2/c1-17(18-6-3-2-4-7-18)33(25(34)19-10-12-21(13-11-19)26(28,29)30)15-14-23-31-24(32-35-23)20-8-5-9-22(27)16-20/h2-13,16-17H,14-15H2,1H3. The first-order valence-corrected chi connectivity index (χ1v) is 11.2. The highest BCUT2D eigenvalue weighted by Gasteiger charge is 2.31. The van der Waals surface area contributed by atoms with E-state index in [2.05, 4.69) is 10.1 Å². The summed E-state index contributed by atoms with van der Waals surface area (Å²) in [6.45, 7) is 2.08. The number of aromatic nitrogens is 2. The number of hydrogen-bond acceptors (Lipinski definition) is 4. The molecule has 0 saturated heterocycles. The van der Waals surface area contributed by atoms with Crippen molar-refractivity contribution in [3.8, 4) is 11.4 Å². The Bertz CT molecular complexity index is 1290. The summed E-state index contributed by atoms with van der Waals surface area (Å²) in [5.41, 5.74) is 0.933. The molecule has 0 N–H and O–H groups in total. The van der Waals surface area contributed by atoms with Crippen molar-refractivity contribution in [3.63, 3.8) is 0 Å². The number of halogens is 4. The molecule has 1 unspecified atom stereocenters. The van der Waals surface area contributed by atoms with Crippen LogP contribution in [0.2, 0.25) is 5.02 Å². The monoisotopic (exact) mass is 499 g/mol. The Balaban J connectivity index is 1.56. The van der Waals surface area contributed by atoms with Crippen molar-refractivity contribution in [3.05, 3.63) is 106 Å². The molecule has 1 atom stereocenters. The van der Waals surface area contributed by atoms with Gasteiger partial charge < -0.3 is 9.42 Å². The average molecular weight is 500 g/mol. The van der Waals surface area contributed by atoms with E-state index in [-0.39, 0.29) is 24.6 Å². The number of carbonyl (C=O) groups is 1. The number of hydrogen-bond donors (Lipinski definition) is 0. The molecule has 1 aromatic heterocycles. The summed E-state index contributed by atoms with van der Waals surface area (Å²) in [4.78, 5) is 19.4. The predicted molar refractivity (Wildman–Crippen MR) is 126 cm³/mol. The highest BCUT2D eigenvalue weighted by molar-refractivity contribution is 6.30. The zero-order valence-electron chi connectivity index (χ0n) is 18.7. The van der Waals surface area contributed by atoms with Crippen LogP contribution in [0.25, 0.3) is 11.4 Å². The molecule has 0 radical (unpaired) electrons. The van der Waals surface area contributed by atoms with Crippen LogP contribution in [0.3, 0.4) is 0 Å². The Morgan fingerprint density at radius 3 is 2.40 bits per heavy atom. The van der Waals surface area contributed by atoms with Crippen molar-refractivity contribution in [2.45, 2.75) is 25.6 Å². The number of amides is 1. The fourth-order valence-electron chi connectivity index (χ4n) is 3.67. The maximum Gasteiger partial charge on any atom is 0.416 e. The van der Waals surface area contributed by atoms with Crippen LogP contribution in [-0.2, 0) is 12.6 Å². The van der Waals surface area contributed by atoms with Crippen LogP contribution in [0.1, 0.15) is 40.3 Å². The molecule has 0 bridgehead atoms. The lowest BCUT2D eigenvalue weighted by Gasteiger charge is -2.29. The largest absolute Gasteiger partial charge is 0.416 e. The summed E-state index contributed by atoms with van der Waals surface area (Å²) in [6.07, 6.45) is -4.21. The maximum atomic E-state index is 13.4. The van der Waals surface area contributed by atoms with E-state index in [0.717, 1.165) is 17.7 Å². The van der Waals surface area contributed by atoms with Crippen molar-refractivity contribution in [1.29, 1.82) is 0 Å². The molecule has 3 aromatic carbocycles. The van der Waals surface area contributed by atoms with Gasteiger partial charge in [-0.2, -0.15) is 18.2 Å². The smallest absolute Gasteiger partial charge is 0.339 e. The fourth-order valence-corrected chi connectivity index (χ4v) is 3.86. The van der Waals surface area contributed by atoms with E-state index in [1.54, 1.807) is 29.2 Å². The summed E-state index contributed by atoms with van der Waals surface area (Å²) < 4.78 is 44.2. The van der Waals surface area contributed by atoms with Gasteiger partial charge in [0.25, 0.3) is 5.91 Å². The second-order valence-corrected chi connectivity index (χ2v) is 8.37. The second-order valence-electron chi connectivity index (χ2n) is 7.93. The topological polar surface area (TPSA) is 59.2 Å². The lowest BCUT2D eigenvalue weighted by molar-refractivity contribution is -0.137. The molecule has 0 aliphatic heterocycles. The Kier molecular flexibility index (Phi) is 7.21. The third kappa shape index (κ3) is 5.89. The van der Waals surface area contributed by atoms with E-state index >= 15 is 0 Å². The molecule has 0 spiro atoms. The Morgan fingerprint density at radius 2 is 1.74 bits per heavy atom. The zero-order chi connectivity index (χ0) is 25.0. The minimum atomic E-state index is -4.47. The van der Waals surface area contributed by atoms with E-state index in [4.69, 9.17) is 16.1 Å². The number of alkyl halides is 3. The fraction of sp³-hybridized carbons (Fsp3) is 0.192. The first kappa shape index (κ1) is 24.5. The molecule has 0 aliphatic carbocycles. The summed E-state index contributed by atoms with van der Waals surface area (Å²) in [7, 11) is 0. The third-order valence-corrected chi connectivity index (χ3v) is 5.82. The molecule has 180 valence electrons. The summed E-state index contributed by atoms with van der Waals surface area (Å²) in [5.74, 6) is 0.300. The Morgan fingerprint density at radius 1 is 1.03 bits per heavy atom. The van der Waals surface area contributed by atoms with E-state index in [1.807, 2.05) is 37.3 Å². The van der Waals surface area contributed by atoms with Crippen LogP contribution < -0.4 is 0 Å². The average Bonchev–Trinajstić information content (AvgIpc) is 3.33. The van der Waals surface area contributed by atoms with Gasteiger partial charge in [0, 0.05) is 29.1 Å². The van der Waals surface area contributed by atoms with Gasteiger partial charge in [0.05, 0.1) is 11.6 Å². The molecule has 0 saturated carbocycles. The van der Waals surface area contributed by atoms with Gasteiger partial charge in [0.1, 0.15) is 0 Å². The van der Waals surface area contributed by atoms with Gasteiger partial charge >= 0.3 is 6.18 Å². The molecule has 0 fully saturated rings. The molecular weight excluding hydrogens is 479 g/mol. The van der Waals surface area contributed by atoms with Crippen molar-refractivity contribution < 1.29 is 22.5 Å². The summed E-state index contributed by atoms with van der Waals surface area (Å²) in [5, 5.41) is 4.53. The number of carbonyl (C=O) groups excluding carboxylic acids is 1. The van der Waals surface area contributed by atoms with Crippen LogP contribution in [0.5, 0.6) is 0 Å². The molecular formula is C26H21ClF3N3O2.